The van der Waals surface area contributed by atoms with Crippen LogP contribution in [0.1, 0.15) is 200 Å². The number of quaternary nitrogens is 1. The van der Waals surface area contributed by atoms with Gasteiger partial charge in [0, 0.05) is 19.3 Å². The molecule has 0 aliphatic heterocycles. The van der Waals surface area contributed by atoms with Crippen LogP contribution in [0.15, 0.2) is 72.9 Å². The van der Waals surface area contributed by atoms with Crippen LogP contribution >= 0.6 is 0 Å². The summed E-state index contributed by atoms with van der Waals surface area (Å²) in [6.45, 7) is 4.59. The fourth-order valence-corrected chi connectivity index (χ4v) is 7.04. The van der Waals surface area contributed by atoms with Gasteiger partial charge in [0.1, 0.15) is 6.61 Å². The van der Waals surface area contributed by atoms with Crippen LogP contribution in [-0.2, 0) is 28.6 Å². The van der Waals surface area contributed by atoms with E-state index in [1.807, 2.05) is 21.1 Å². The van der Waals surface area contributed by atoms with Crippen molar-refractivity contribution >= 4 is 17.9 Å². The molecule has 1 N–H and O–H groups in total. The van der Waals surface area contributed by atoms with Crippen LogP contribution in [0.4, 0.5) is 0 Å². The van der Waals surface area contributed by atoms with Gasteiger partial charge >= 0.3 is 17.9 Å². The lowest BCUT2D eigenvalue weighted by molar-refractivity contribution is -0.887. The molecule has 0 saturated heterocycles. The van der Waals surface area contributed by atoms with Crippen molar-refractivity contribution in [3.63, 3.8) is 0 Å². The lowest BCUT2D eigenvalue weighted by Gasteiger charge is -2.31. The fraction of sp³-hybridized carbons (Fsp3) is 0.722. The summed E-state index contributed by atoms with van der Waals surface area (Å²) in [5.74, 6) is -1.52. The number of aliphatic carboxylic acids is 1. The molecule has 0 aromatic carbocycles. The molecular weight excluding hydrogens is 775 g/mol. The number of esters is 2. The molecule has 0 radical (unpaired) electrons. The van der Waals surface area contributed by atoms with Crippen LogP contribution in [0.3, 0.4) is 0 Å². The first kappa shape index (κ1) is 58.8. The third kappa shape index (κ3) is 42.1. The summed E-state index contributed by atoms with van der Waals surface area (Å²) in [6, 6.07) is -0.624. The van der Waals surface area contributed by atoms with Gasteiger partial charge in [-0.1, -0.05) is 189 Å². The van der Waals surface area contributed by atoms with Crippen molar-refractivity contribution in [2.24, 2.45) is 0 Å². The zero-order chi connectivity index (χ0) is 45.6. The Bertz CT molecular complexity index is 1240. The van der Waals surface area contributed by atoms with Gasteiger partial charge in [-0.15, -0.1) is 0 Å². The summed E-state index contributed by atoms with van der Waals surface area (Å²) in [5, 5.41) is 9.65. The number of hydrogen-bond donors (Lipinski definition) is 1. The number of rotatable bonds is 44. The van der Waals surface area contributed by atoms with E-state index in [1.54, 1.807) is 0 Å². The van der Waals surface area contributed by atoms with Crippen molar-refractivity contribution in [2.45, 2.75) is 212 Å². The normalized spacial score (nSPS) is 13.5. The largest absolute Gasteiger partial charge is 0.477 e. The monoisotopic (exact) mass is 869 g/mol. The van der Waals surface area contributed by atoms with E-state index >= 15 is 0 Å². The number of carbonyl (C=O) groups is 3. The Balaban J connectivity index is 4.35. The molecule has 0 amide bonds. The molecule has 0 saturated carbocycles. The Kier molecular flexibility index (Phi) is 42.1. The van der Waals surface area contributed by atoms with Gasteiger partial charge in [-0.3, -0.25) is 9.59 Å². The maximum absolute atomic E-state index is 12.8. The number of nitrogens with zero attached hydrogens (tertiary/aromatic N) is 1. The maximum Gasteiger partial charge on any atom is 0.362 e. The van der Waals surface area contributed by atoms with E-state index in [0.717, 1.165) is 70.6 Å². The predicted molar refractivity (Wildman–Crippen MR) is 261 cm³/mol. The SMILES string of the molecule is CC/C=C/C/C=C/C/C=C/C/C=C/C/C=C/C/C=C/CCCCC(=O)OCC(COCCC(C(=O)O)[N+](C)(C)C)OC(=O)CCCCCCCCCCCCCCCCCCC. The van der Waals surface area contributed by atoms with Gasteiger partial charge in [0.05, 0.1) is 34.4 Å². The van der Waals surface area contributed by atoms with E-state index in [2.05, 4.69) is 86.8 Å². The standard InChI is InChI=1S/C54H93NO7/c1-6-8-10-12-14-16-18-20-22-24-25-26-27-29-30-32-34-36-38-40-42-44-52(56)61-49-50(48-60-47-46-51(54(58)59)55(3,4)5)62-53(57)45-43-41-39-37-35-33-31-28-23-21-19-17-15-13-11-9-7-2/h8,10,14,16,20,22,25-26,29-30,34,36,50-51H,6-7,9,11-13,15,17-19,21,23-24,27-28,31-33,35,37-49H2,1-5H3/p+1/b10-8+,16-14+,22-20+,26-25+,30-29+,36-34+. The minimum atomic E-state index is -0.882. The summed E-state index contributed by atoms with van der Waals surface area (Å²) >= 11 is 0. The van der Waals surface area contributed by atoms with Gasteiger partial charge in [-0.25, -0.2) is 4.79 Å². The van der Waals surface area contributed by atoms with Crippen LogP contribution in [0.5, 0.6) is 0 Å². The van der Waals surface area contributed by atoms with Crippen LogP contribution in [0, 0.1) is 0 Å². The van der Waals surface area contributed by atoms with E-state index in [0.29, 0.717) is 25.7 Å². The summed E-state index contributed by atoms with van der Waals surface area (Å²) < 4.78 is 17.3. The van der Waals surface area contributed by atoms with Gasteiger partial charge in [0.25, 0.3) is 0 Å². The van der Waals surface area contributed by atoms with E-state index in [4.69, 9.17) is 14.2 Å². The summed E-state index contributed by atoms with van der Waals surface area (Å²) in [6.07, 6.45) is 56.6. The molecule has 0 fully saturated rings. The van der Waals surface area contributed by atoms with E-state index in [1.165, 1.54) is 89.9 Å². The molecule has 8 nitrogen and oxygen atoms in total. The molecule has 0 aromatic heterocycles. The number of allylic oxidation sites excluding steroid dienone is 12. The van der Waals surface area contributed by atoms with Crippen LogP contribution < -0.4 is 0 Å². The minimum Gasteiger partial charge on any atom is -0.477 e. The molecule has 62 heavy (non-hydrogen) atoms. The molecule has 0 aliphatic carbocycles. The van der Waals surface area contributed by atoms with Gasteiger partial charge < -0.3 is 23.8 Å². The minimum absolute atomic E-state index is 0.0459. The topological polar surface area (TPSA) is 99.1 Å². The van der Waals surface area contributed by atoms with Crippen molar-refractivity contribution in [2.75, 3.05) is 41.0 Å². The smallest absolute Gasteiger partial charge is 0.362 e. The molecule has 0 aromatic rings. The second kappa shape index (κ2) is 44.4. The number of carbonyl (C=O) groups excluding carboxylic acids is 2. The molecule has 0 bridgehead atoms. The molecule has 0 spiro atoms. The highest BCUT2D eigenvalue weighted by Crippen LogP contribution is 2.15. The van der Waals surface area contributed by atoms with Crippen molar-refractivity contribution in [1.29, 1.82) is 0 Å². The third-order valence-corrected chi connectivity index (χ3v) is 10.9. The molecule has 356 valence electrons. The number of unbranched alkanes of at least 4 members (excludes halogenated alkanes) is 18. The van der Waals surface area contributed by atoms with Crippen LogP contribution in [0.25, 0.3) is 0 Å². The molecule has 2 unspecified atom stereocenters. The van der Waals surface area contributed by atoms with E-state index in [9.17, 15) is 19.5 Å². The zero-order valence-corrected chi connectivity index (χ0v) is 40.6. The molecule has 0 aliphatic rings. The first-order chi connectivity index (χ1) is 30.1. The van der Waals surface area contributed by atoms with E-state index in [-0.39, 0.29) is 36.2 Å². The van der Waals surface area contributed by atoms with Crippen molar-refractivity contribution in [1.82, 2.24) is 0 Å². The van der Waals surface area contributed by atoms with Gasteiger partial charge in [0.2, 0.25) is 0 Å². The predicted octanol–water partition coefficient (Wildman–Crippen LogP) is 14.3. The zero-order valence-electron chi connectivity index (χ0n) is 40.6. The Hall–Kier alpha value is -3.23. The Morgan fingerprint density at radius 1 is 0.500 bits per heavy atom. The van der Waals surface area contributed by atoms with Gasteiger partial charge in [-0.05, 0) is 64.2 Å². The lowest BCUT2D eigenvalue weighted by Crippen LogP contribution is -2.50. The van der Waals surface area contributed by atoms with Gasteiger partial charge in [0.15, 0.2) is 12.1 Å². The molecular formula is C54H94NO7+. The molecule has 0 rings (SSSR count). The Labute approximate surface area is 381 Å². The number of carboxylic acid groups (broad SMARTS) is 1. The quantitative estimate of drug-likeness (QED) is 0.0282. The molecule has 0 heterocycles. The Morgan fingerprint density at radius 2 is 0.903 bits per heavy atom. The van der Waals surface area contributed by atoms with Crippen molar-refractivity contribution in [3.05, 3.63) is 72.9 Å². The highest BCUT2D eigenvalue weighted by molar-refractivity contribution is 5.72. The Morgan fingerprint density at radius 3 is 1.34 bits per heavy atom. The highest BCUT2D eigenvalue weighted by Gasteiger charge is 2.31. The average Bonchev–Trinajstić information content (AvgIpc) is 3.23. The van der Waals surface area contributed by atoms with Crippen molar-refractivity contribution in [3.8, 4) is 0 Å². The number of ether oxygens (including phenoxy) is 3. The molecule has 8 heteroatoms. The van der Waals surface area contributed by atoms with Crippen LogP contribution in [0.2, 0.25) is 0 Å². The lowest BCUT2D eigenvalue weighted by atomic mass is 10.0. The second-order valence-corrected chi connectivity index (χ2v) is 17.7. The fourth-order valence-electron chi connectivity index (χ4n) is 7.04. The number of likely N-dealkylation sites (N-methyl/N-ethyl adjacent to an activating group) is 1. The van der Waals surface area contributed by atoms with E-state index < -0.39 is 18.1 Å². The third-order valence-electron chi connectivity index (χ3n) is 10.9. The first-order valence-corrected chi connectivity index (χ1v) is 25.0. The maximum atomic E-state index is 12.8. The summed E-state index contributed by atoms with van der Waals surface area (Å²) in [4.78, 5) is 37.1. The first-order valence-electron chi connectivity index (χ1n) is 25.0. The van der Waals surface area contributed by atoms with Gasteiger partial charge in [-0.2, -0.15) is 0 Å². The summed E-state index contributed by atoms with van der Waals surface area (Å²) in [7, 11) is 5.52. The van der Waals surface area contributed by atoms with Crippen LogP contribution in [-0.4, -0.2) is 80.6 Å². The number of carboxylic acids is 1. The molecule has 2 atom stereocenters. The summed E-state index contributed by atoms with van der Waals surface area (Å²) in [5.41, 5.74) is 0. The highest BCUT2D eigenvalue weighted by atomic mass is 16.6. The van der Waals surface area contributed by atoms with Crippen molar-refractivity contribution < 1.29 is 38.2 Å². The number of hydrogen-bond acceptors (Lipinski definition) is 6. The average molecular weight is 869 g/mol. The second-order valence-electron chi connectivity index (χ2n) is 17.7.